The Hall–Kier alpha value is -2.09. The lowest BCUT2D eigenvalue weighted by atomic mass is 10.1. The van der Waals surface area contributed by atoms with Crippen molar-refractivity contribution in [3.8, 4) is 5.75 Å². The molecule has 7 nitrogen and oxygen atoms in total. The average Bonchev–Trinajstić information content (AvgIpc) is 2.82. The Morgan fingerprint density at radius 2 is 2.11 bits per heavy atom. The second kappa shape index (κ2) is 6.74. The molecule has 1 unspecified atom stereocenters. The van der Waals surface area contributed by atoms with E-state index < -0.39 is 23.9 Å². The number of carbonyl (C=O) groups excluding carboxylic acids is 1. The van der Waals surface area contributed by atoms with Crippen LogP contribution < -0.4 is 10.1 Å². The summed E-state index contributed by atoms with van der Waals surface area (Å²) >= 11 is 1.11. The standard InChI is InChI=1S/C11H13NO6S/c1-18-6-4-8(19-5-6)10(15)12-7(11(16)17)2-3-9(13)14/h4-5,7H,2-3H2,1H3,(H,12,15)(H,13,14)(H,16,17). The first-order chi connectivity index (χ1) is 8.93. The lowest BCUT2D eigenvalue weighted by Gasteiger charge is -2.12. The Morgan fingerprint density at radius 1 is 1.42 bits per heavy atom. The van der Waals surface area contributed by atoms with Gasteiger partial charge in [0.05, 0.1) is 12.0 Å². The maximum Gasteiger partial charge on any atom is 0.326 e. The quantitative estimate of drug-likeness (QED) is 0.683. The van der Waals surface area contributed by atoms with Crippen molar-refractivity contribution in [1.29, 1.82) is 0 Å². The summed E-state index contributed by atoms with van der Waals surface area (Å²) in [6.45, 7) is 0. The fourth-order valence-electron chi connectivity index (χ4n) is 1.30. The number of hydrogen-bond donors (Lipinski definition) is 3. The third-order valence-electron chi connectivity index (χ3n) is 2.29. The van der Waals surface area contributed by atoms with Crippen LogP contribution in [0, 0.1) is 0 Å². The second-order valence-corrected chi connectivity index (χ2v) is 4.56. The van der Waals surface area contributed by atoms with Crippen LogP contribution in [0.1, 0.15) is 22.5 Å². The van der Waals surface area contributed by atoms with Gasteiger partial charge in [-0.05, 0) is 6.42 Å². The highest BCUT2D eigenvalue weighted by atomic mass is 32.1. The molecule has 0 radical (unpaired) electrons. The van der Waals surface area contributed by atoms with E-state index in [1.807, 2.05) is 0 Å². The molecule has 0 saturated carbocycles. The molecule has 0 aliphatic rings. The van der Waals surface area contributed by atoms with Crippen molar-refractivity contribution in [2.45, 2.75) is 18.9 Å². The lowest BCUT2D eigenvalue weighted by molar-refractivity contribution is -0.140. The van der Waals surface area contributed by atoms with Crippen molar-refractivity contribution in [1.82, 2.24) is 5.32 Å². The molecule has 104 valence electrons. The number of amides is 1. The van der Waals surface area contributed by atoms with Crippen LogP contribution in [0.4, 0.5) is 0 Å². The zero-order chi connectivity index (χ0) is 14.4. The summed E-state index contributed by atoms with van der Waals surface area (Å²) in [6.07, 6.45) is -0.496. The number of carboxylic acids is 2. The predicted molar refractivity (Wildman–Crippen MR) is 66.6 cm³/mol. The van der Waals surface area contributed by atoms with E-state index >= 15 is 0 Å². The maximum atomic E-state index is 11.8. The van der Waals surface area contributed by atoms with Gasteiger partial charge < -0.3 is 20.3 Å². The summed E-state index contributed by atoms with van der Waals surface area (Å²) in [7, 11) is 1.46. The third-order valence-corrected chi connectivity index (χ3v) is 3.19. The highest BCUT2D eigenvalue weighted by Gasteiger charge is 2.22. The van der Waals surface area contributed by atoms with E-state index in [0.717, 1.165) is 11.3 Å². The average molecular weight is 287 g/mol. The fourth-order valence-corrected chi connectivity index (χ4v) is 2.06. The van der Waals surface area contributed by atoms with E-state index in [0.29, 0.717) is 10.6 Å². The topological polar surface area (TPSA) is 113 Å². The monoisotopic (exact) mass is 287 g/mol. The Kier molecular flexibility index (Phi) is 5.31. The van der Waals surface area contributed by atoms with Gasteiger partial charge in [0.2, 0.25) is 0 Å². The van der Waals surface area contributed by atoms with Gasteiger partial charge >= 0.3 is 11.9 Å². The van der Waals surface area contributed by atoms with Crippen molar-refractivity contribution in [2.24, 2.45) is 0 Å². The molecule has 1 aromatic heterocycles. The molecule has 1 aromatic rings. The summed E-state index contributed by atoms with van der Waals surface area (Å²) in [4.78, 5) is 33.4. The molecular formula is C11H13NO6S. The number of carboxylic acid groups (broad SMARTS) is 2. The Morgan fingerprint density at radius 3 is 2.58 bits per heavy atom. The number of methoxy groups -OCH3 is 1. The first-order valence-electron chi connectivity index (χ1n) is 5.32. The molecule has 1 amide bonds. The van der Waals surface area contributed by atoms with Crippen LogP contribution in [0.2, 0.25) is 0 Å². The summed E-state index contributed by atoms with van der Waals surface area (Å²) in [6, 6.07) is 0.257. The van der Waals surface area contributed by atoms with Gasteiger partial charge in [0.1, 0.15) is 11.8 Å². The van der Waals surface area contributed by atoms with Gasteiger partial charge in [-0.25, -0.2) is 4.79 Å². The van der Waals surface area contributed by atoms with Crippen LogP contribution in [0.15, 0.2) is 11.4 Å². The van der Waals surface area contributed by atoms with Gasteiger partial charge in [-0.15, -0.1) is 11.3 Å². The van der Waals surface area contributed by atoms with Gasteiger partial charge in [-0.1, -0.05) is 0 Å². The summed E-state index contributed by atoms with van der Waals surface area (Å²) < 4.78 is 4.91. The minimum absolute atomic E-state index is 0.168. The Bertz CT molecular complexity index is 483. The van der Waals surface area contributed by atoms with Gasteiger partial charge in [-0.3, -0.25) is 9.59 Å². The molecule has 1 atom stereocenters. The third kappa shape index (κ3) is 4.59. The van der Waals surface area contributed by atoms with Gasteiger partial charge in [0.25, 0.3) is 5.91 Å². The highest BCUT2D eigenvalue weighted by molar-refractivity contribution is 7.12. The normalized spacial score (nSPS) is 11.6. The van der Waals surface area contributed by atoms with Gasteiger partial charge in [0.15, 0.2) is 0 Å². The van der Waals surface area contributed by atoms with E-state index in [2.05, 4.69) is 5.32 Å². The Labute approximate surface area is 112 Å². The number of nitrogens with one attached hydrogen (secondary N) is 1. The molecule has 1 heterocycles. The zero-order valence-corrected chi connectivity index (χ0v) is 10.9. The smallest absolute Gasteiger partial charge is 0.326 e. The minimum Gasteiger partial charge on any atom is -0.496 e. The molecule has 0 saturated heterocycles. The van der Waals surface area contributed by atoms with Crippen molar-refractivity contribution in [3.05, 3.63) is 16.3 Å². The molecule has 3 N–H and O–H groups in total. The molecule has 0 spiro atoms. The number of thiophene rings is 1. The van der Waals surface area contributed by atoms with E-state index in [9.17, 15) is 14.4 Å². The lowest BCUT2D eigenvalue weighted by Crippen LogP contribution is -2.40. The van der Waals surface area contributed by atoms with Crippen molar-refractivity contribution >= 4 is 29.2 Å². The highest BCUT2D eigenvalue weighted by Crippen LogP contribution is 2.21. The molecule has 0 bridgehead atoms. The minimum atomic E-state index is -1.27. The van der Waals surface area contributed by atoms with Crippen LogP contribution in [0.3, 0.4) is 0 Å². The molecule has 0 aliphatic carbocycles. The van der Waals surface area contributed by atoms with Crippen molar-refractivity contribution in [3.63, 3.8) is 0 Å². The first-order valence-corrected chi connectivity index (χ1v) is 6.20. The van der Waals surface area contributed by atoms with Crippen LogP contribution in [0.25, 0.3) is 0 Å². The molecule has 0 fully saturated rings. The summed E-state index contributed by atoms with van der Waals surface area (Å²) in [5.41, 5.74) is 0. The number of ether oxygens (including phenoxy) is 1. The maximum absolute atomic E-state index is 11.8. The van der Waals surface area contributed by atoms with Crippen molar-refractivity contribution in [2.75, 3.05) is 7.11 Å². The summed E-state index contributed by atoms with van der Waals surface area (Å²) in [5, 5.41) is 21.3. The van der Waals surface area contributed by atoms with Crippen LogP contribution in [-0.2, 0) is 9.59 Å². The number of carbonyl (C=O) groups is 3. The fraction of sp³-hybridized carbons (Fsp3) is 0.364. The number of rotatable bonds is 7. The number of aliphatic carboxylic acids is 2. The SMILES string of the molecule is COc1csc(C(=O)NC(CCC(=O)O)C(=O)O)c1. The number of hydrogen-bond acceptors (Lipinski definition) is 5. The van der Waals surface area contributed by atoms with E-state index in [1.54, 1.807) is 5.38 Å². The Balaban J connectivity index is 2.65. The van der Waals surface area contributed by atoms with Crippen LogP contribution in [0.5, 0.6) is 5.75 Å². The molecule has 0 aromatic carbocycles. The second-order valence-electron chi connectivity index (χ2n) is 3.65. The van der Waals surface area contributed by atoms with E-state index in [1.165, 1.54) is 13.2 Å². The summed E-state index contributed by atoms with van der Waals surface area (Å²) in [5.74, 6) is -2.44. The van der Waals surface area contributed by atoms with E-state index in [4.69, 9.17) is 14.9 Å². The van der Waals surface area contributed by atoms with Gasteiger partial charge in [0, 0.05) is 17.9 Å². The first kappa shape index (κ1) is 15.0. The molecule has 0 aliphatic heterocycles. The van der Waals surface area contributed by atoms with Crippen molar-refractivity contribution < 1.29 is 29.3 Å². The largest absolute Gasteiger partial charge is 0.496 e. The van der Waals surface area contributed by atoms with Gasteiger partial charge in [-0.2, -0.15) is 0 Å². The zero-order valence-electron chi connectivity index (χ0n) is 10.1. The predicted octanol–water partition coefficient (Wildman–Crippen LogP) is 0.804. The molecule has 1 rings (SSSR count). The van der Waals surface area contributed by atoms with E-state index in [-0.39, 0.29) is 12.8 Å². The molecule has 8 heteroatoms. The van der Waals surface area contributed by atoms with Crippen LogP contribution >= 0.6 is 11.3 Å². The van der Waals surface area contributed by atoms with Crippen LogP contribution in [-0.4, -0.2) is 41.2 Å². The molecule has 19 heavy (non-hydrogen) atoms. The molecular weight excluding hydrogens is 274 g/mol.